The minimum atomic E-state index is -0.451. The third kappa shape index (κ3) is 6.15. The molecule has 1 aromatic rings. The van der Waals surface area contributed by atoms with Gasteiger partial charge in [-0.05, 0) is 26.5 Å². The zero-order valence-electron chi connectivity index (χ0n) is 11.8. The predicted octanol–water partition coefficient (Wildman–Crippen LogP) is 2.03. The highest BCUT2D eigenvalue weighted by Crippen LogP contribution is 2.06. The van der Waals surface area contributed by atoms with E-state index in [1.54, 1.807) is 0 Å². The third-order valence-corrected chi connectivity index (χ3v) is 2.91. The normalized spacial score (nSPS) is 12.2. The molecule has 1 atom stereocenters. The molecule has 0 fully saturated rings. The summed E-state index contributed by atoms with van der Waals surface area (Å²) in [6, 6.07) is 10.2. The molecule has 0 heterocycles. The van der Waals surface area contributed by atoms with E-state index in [1.165, 1.54) is 12.5 Å². The van der Waals surface area contributed by atoms with Crippen molar-refractivity contribution in [1.29, 1.82) is 0 Å². The molecule has 19 heavy (non-hydrogen) atoms. The van der Waals surface area contributed by atoms with Crippen LogP contribution in [-0.2, 0) is 20.9 Å². The molecule has 1 unspecified atom stereocenters. The molecule has 0 aromatic heterocycles. The zero-order chi connectivity index (χ0) is 14.3. The first-order valence-electron chi connectivity index (χ1n) is 6.38. The van der Waals surface area contributed by atoms with Gasteiger partial charge in [-0.1, -0.05) is 30.3 Å². The van der Waals surface area contributed by atoms with E-state index in [1.807, 2.05) is 32.2 Å². The van der Waals surface area contributed by atoms with Crippen molar-refractivity contribution < 1.29 is 14.3 Å². The molecular formula is C15H21NO3. The third-order valence-electron chi connectivity index (χ3n) is 2.91. The molecule has 0 aliphatic heterocycles. The van der Waals surface area contributed by atoms with Crippen LogP contribution in [0.25, 0.3) is 0 Å². The van der Waals surface area contributed by atoms with Crippen molar-refractivity contribution in [3.63, 3.8) is 0 Å². The highest BCUT2D eigenvalue weighted by molar-refractivity contribution is 5.94. The van der Waals surface area contributed by atoms with Crippen molar-refractivity contribution >= 4 is 11.8 Å². The first kappa shape index (κ1) is 15.4. The van der Waals surface area contributed by atoms with Gasteiger partial charge in [0.25, 0.3) is 0 Å². The number of Topliss-reactive ketones (excluding diaryl/α,β-unsaturated/α-hetero) is 1. The highest BCUT2D eigenvalue weighted by atomic mass is 16.5. The van der Waals surface area contributed by atoms with E-state index >= 15 is 0 Å². The number of carbonyl (C=O) groups excluding carboxylic acids is 2. The number of benzene rings is 1. The van der Waals surface area contributed by atoms with Crippen LogP contribution in [0.15, 0.2) is 30.3 Å². The Morgan fingerprint density at radius 2 is 1.89 bits per heavy atom. The molecule has 1 rings (SSSR count). The summed E-state index contributed by atoms with van der Waals surface area (Å²) in [5.74, 6) is -0.622. The lowest BCUT2D eigenvalue weighted by Gasteiger charge is -2.24. The average molecular weight is 263 g/mol. The maximum absolute atomic E-state index is 11.3. The molecule has 4 heteroatoms. The van der Waals surface area contributed by atoms with Gasteiger partial charge in [0.1, 0.15) is 18.8 Å². The van der Waals surface area contributed by atoms with E-state index in [0.29, 0.717) is 6.61 Å². The zero-order valence-corrected chi connectivity index (χ0v) is 11.8. The van der Waals surface area contributed by atoms with E-state index in [9.17, 15) is 9.59 Å². The van der Waals surface area contributed by atoms with Crippen molar-refractivity contribution in [3.05, 3.63) is 35.9 Å². The van der Waals surface area contributed by atoms with Crippen molar-refractivity contribution in [1.82, 2.24) is 4.90 Å². The molecule has 1 aromatic carbocycles. The molecule has 0 radical (unpaired) electrons. The molecule has 0 aliphatic rings. The number of ketones is 1. The molecule has 0 bridgehead atoms. The first-order chi connectivity index (χ1) is 8.99. The highest BCUT2D eigenvalue weighted by Gasteiger charge is 2.13. The second kappa shape index (κ2) is 7.69. The summed E-state index contributed by atoms with van der Waals surface area (Å²) in [7, 11) is 1.98. The van der Waals surface area contributed by atoms with Crippen molar-refractivity contribution in [2.24, 2.45) is 0 Å². The van der Waals surface area contributed by atoms with Gasteiger partial charge in [0.2, 0.25) is 0 Å². The predicted molar refractivity (Wildman–Crippen MR) is 73.6 cm³/mol. The SMILES string of the molecule is CC(=O)CC(=O)OCC(C)N(C)Cc1ccccc1. The Hall–Kier alpha value is -1.68. The number of hydrogen-bond acceptors (Lipinski definition) is 4. The molecule has 4 nitrogen and oxygen atoms in total. The van der Waals surface area contributed by atoms with E-state index in [-0.39, 0.29) is 18.2 Å². The van der Waals surface area contributed by atoms with Gasteiger partial charge in [-0.25, -0.2) is 0 Å². The summed E-state index contributed by atoms with van der Waals surface area (Å²) in [5.41, 5.74) is 1.21. The largest absolute Gasteiger partial charge is 0.464 e. The van der Waals surface area contributed by atoms with Crippen LogP contribution < -0.4 is 0 Å². The van der Waals surface area contributed by atoms with Gasteiger partial charge in [-0.3, -0.25) is 14.5 Å². The molecular weight excluding hydrogens is 242 g/mol. The fourth-order valence-corrected chi connectivity index (χ4v) is 1.62. The lowest BCUT2D eigenvalue weighted by atomic mass is 10.2. The smallest absolute Gasteiger partial charge is 0.313 e. The molecule has 0 saturated heterocycles. The van der Waals surface area contributed by atoms with E-state index in [4.69, 9.17) is 4.74 Å². The Morgan fingerprint density at radius 1 is 1.26 bits per heavy atom. The van der Waals surface area contributed by atoms with Crippen LogP contribution in [0.3, 0.4) is 0 Å². The van der Waals surface area contributed by atoms with Gasteiger partial charge in [0.15, 0.2) is 0 Å². The first-order valence-corrected chi connectivity index (χ1v) is 6.38. The summed E-state index contributed by atoms with van der Waals surface area (Å²) < 4.78 is 5.07. The van der Waals surface area contributed by atoms with E-state index in [2.05, 4.69) is 17.0 Å². The Bertz CT molecular complexity index is 417. The number of ether oxygens (including phenoxy) is 1. The Balaban J connectivity index is 2.34. The van der Waals surface area contributed by atoms with Crippen LogP contribution in [0.5, 0.6) is 0 Å². The van der Waals surface area contributed by atoms with Crippen molar-refractivity contribution in [3.8, 4) is 0 Å². The second-order valence-electron chi connectivity index (χ2n) is 4.81. The van der Waals surface area contributed by atoms with Gasteiger partial charge < -0.3 is 4.74 Å². The summed E-state index contributed by atoms with van der Waals surface area (Å²) in [6.07, 6.45) is -0.144. The molecule has 0 N–H and O–H groups in total. The van der Waals surface area contributed by atoms with Crippen LogP contribution in [0.4, 0.5) is 0 Å². The second-order valence-corrected chi connectivity index (χ2v) is 4.81. The molecule has 0 spiro atoms. The Labute approximate surface area is 114 Å². The number of rotatable bonds is 7. The van der Waals surface area contributed by atoms with E-state index in [0.717, 1.165) is 6.54 Å². The standard InChI is InChI=1S/C15H21NO3/c1-12(11-19-15(18)9-13(2)17)16(3)10-14-7-5-4-6-8-14/h4-8,12H,9-11H2,1-3H3. The molecule has 104 valence electrons. The topological polar surface area (TPSA) is 46.6 Å². The maximum Gasteiger partial charge on any atom is 0.313 e. The number of likely N-dealkylation sites (N-methyl/N-ethyl adjacent to an activating group) is 1. The summed E-state index contributed by atoms with van der Waals surface area (Å²) in [6.45, 7) is 4.47. The van der Waals surface area contributed by atoms with Crippen LogP contribution in [0.1, 0.15) is 25.8 Å². The molecule has 0 amide bonds. The van der Waals surface area contributed by atoms with Gasteiger partial charge >= 0.3 is 5.97 Å². The number of esters is 1. The fraction of sp³-hybridized carbons (Fsp3) is 0.467. The summed E-state index contributed by atoms with van der Waals surface area (Å²) >= 11 is 0. The minimum absolute atomic E-state index is 0.108. The van der Waals surface area contributed by atoms with Crippen molar-refractivity contribution in [2.75, 3.05) is 13.7 Å². The quantitative estimate of drug-likeness (QED) is 0.558. The van der Waals surface area contributed by atoms with Gasteiger partial charge in [0, 0.05) is 12.6 Å². The van der Waals surface area contributed by atoms with Crippen LogP contribution in [0.2, 0.25) is 0 Å². The lowest BCUT2D eigenvalue weighted by molar-refractivity contribution is -0.147. The number of carbonyl (C=O) groups is 2. The van der Waals surface area contributed by atoms with Gasteiger partial charge in [-0.2, -0.15) is 0 Å². The number of hydrogen-bond donors (Lipinski definition) is 0. The van der Waals surface area contributed by atoms with Crippen LogP contribution in [0, 0.1) is 0 Å². The Morgan fingerprint density at radius 3 is 2.47 bits per heavy atom. The van der Waals surface area contributed by atoms with Gasteiger partial charge in [-0.15, -0.1) is 0 Å². The summed E-state index contributed by atoms with van der Waals surface area (Å²) in [5, 5.41) is 0. The molecule has 0 saturated carbocycles. The van der Waals surface area contributed by atoms with Crippen LogP contribution in [-0.4, -0.2) is 36.3 Å². The Kier molecular flexibility index (Phi) is 6.22. The van der Waals surface area contributed by atoms with Gasteiger partial charge in [0.05, 0.1) is 0 Å². The van der Waals surface area contributed by atoms with Crippen LogP contribution >= 0.6 is 0 Å². The average Bonchev–Trinajstić information content (AvgIpc) is 2.36. The lowest BCUT2D eigenvalue weighted by Crippen LogP contribution is -2.33. The minimum Gasteiger partial charge on any atom is -0.464 e. The molecule has 0 aliphatic carbocycles. The summed E-state index contributed by atoms with van der Waals surface area (Å²) in [4.78, 5) is 24.1. The number of nitrogens with zero attached hydrogens (tertiary/aromatic N) is 1. The van der Waals surface area contributed by atoms with E-state index < -0.39 is 5.97 Å². The maximum atomic E-state index is 11.3. The monoisotopic (exact) mass is 263 g/mol. The fourth-order valence-electron chi connectivity index (χ4n) is 1.62. The van der Waals surface area contributed by atoms with Crippen molar-refractivity contribution in [2.45, 2.75) is 32.9 Å².